The summed E-state index contributed by atoms with van der Waals surface area (Å²) in [5.41, 5.74) is 1.23. The number of hydrogen-bond acceptors (Lipinski definition) is 4. The Kier molecular flexibility index (Phi) is 6.25. The predicted molar refractivity (Wildman–Crippen MR) is 125 cm³/mol. The summed E-state index contributed by atoms with van der Waals surface area (Å²) in [6.07, 6.45) is 1.24. The zero-order valence-electron chi connectivity index (χ0n) is 17.7. The molecule has 32 heavy (non-hydrogen) atoms. The lowest BCUT2D eigenvalue weighted by atomic mass is 9.98. The predicted octanol–water partition coefficient (Wildman–Crippen LogP) is 3.84. The number of fused-ring (bicyclic) bond motifs is 1. The van der Waals surface area contributed by atoms with Crippen LogP contribution in [0.1, 0.15) is 19.8 Å². The zero-order chi connectivity index (χ0) is 22.7. The molecular formula is C24H25N3O4S. The van der Waals surface area contributed by atoms with Crippen molar-refractivity contribution < 1.29 is 18.0 Å². The molecule has 4 rings (SSSR count). The van der Waals surface area contributed by atoms with Gasteiger partial charge in [0.15, 0.2) is 0 Å². The maximum Gasteiger partial charge on any atom is 0.243 e. The number of hydrogen-bond donors (Lipinski definition) is 2. The second-order valence-corrected chi connectivity index (χ2v) is 9.90. The SMILES string of the molecule is CC(=O)Nc1ccc(S(=O)(=O)N2CCCC(C(=O)Nc3ccc4ccccc4c3)C2)cc1. The van der Waals surface area contributed by atoms with Gasteiger partial charge in [0.05, 0.1) is 10.8 Å². The van der Waals surface area contributed by atoms with E-state index in [4.69, 9.17) is 0 Å². The fraction of sp³-hybridized carbons (Fsp3) is 0.250. The van der Waals surface area contributed by atoms with Crippen LogP contribution in [0.2, 0.25) is 0 Å². The Morgan fingerprint density at radius 3 is 2.31 bits per heavy atom. The average Bonchev–Trinajstić information content (AvgIpc) is 2.79. The molecule has 3 aromatic carbocycles. The van der Waals surface area contributed by atoms with Gasteiger partial charge in [-0.2, -0.15) is 4.31 Å². The minimum absolute atomic E-state index is 0.134. The number of piperidine rings is 1. The summed E-state index contributed by atoms with van der Waals surface area (Å²) in [6.45, 7) is 1.90. The number of anilines is 2. The molecule has 1 aliphatic rings. The Labute approximate surface area is 187 Å². The van der Waals surface area contributed by atoms with Crippen molar-refractivity contribution in [1.82, 2.24) is 4.31 Å². The fourth-order valence-electron chi connectivity index (χ4n) is 3.95. The Bertz CT molecular complexity index is 1260. The topological polar surface area (TPSA) is 95.6 Å². The highest BCUT2D eigenvalue weighted by molar-refractivity contribution is 7.89. The first-order valence-electron chi connectivity index (χ1n) is 10.5. The first-order chi connectivity index (χ1) is 15.3. The molecule has 2 N–H and O–H groups in total. The zero-order valence-corrected chi connectivity index (χ0v) is 18.6. The van der Waals surface area contributed by atoms with E-state index in [0.717, 1.165) is 10.8 Å². The molecule has 7 nitrogen and oxygen atoms in total. The van der Waals surface area contributed by atoms with Gasteiger partial charge in [-0.05, 0) is 60.0 Å². The lowest BCUT2D eigenvalue weighted by Crippen LogP contribution is -2.43. The van der Waals surface area contributed by atoms with Crippen molar-refractivity contribution in [1.29, 1.82) is 0 Å². The molecule has 1 unspecified atom stereocenters. The fourth-order valence-corrected chi connectivity index (χ4v) is 5.47. The molecule has 0 saturated carbocycles. The van der Waals surface area contributed by atoms with E-state index in [2.05, 4.69) is 10.6 Å². The summed E-state index contributed by atoms with van der Waals surface area (Å²) in [4.78, 5) is 24.2. The Morgan fingerprint density at radius 2 is 1.59 bits per heavy atom. The van der Waals surface area contributed by atoms with E-state index in [9.17, 15) is 18.0 Å². The second-order valence-electron chi connectivity index (χ2n) is 7.96. The van der Waals surface area contributed by atoms with Crippen LogP contribution >= 0.6 is 0 Å². The maximum atomic E-state index is 13.1. The van der Waals surface area contributed by atoms with Crippen molar-refractivity contribution in [3.8, 4) is 0 Å². The van der Waals surface area contributed by atoms with Crippen LogP contribution in [-0.4, -0.2) is 37.6 Å². The molecule has 1 heterocycles. The summed E-state index contributed by atoms with van der Waals surface area (Å²) >= 11 is 0. The summed E-state index contributed by atoms with van der Waals surface area (Å²) < 4.78 is 27.6. The molecule has 3 aromatic rings. The molecular weight excluding hydrogens is 426 g/mol. The number of nitrogens with one attached hydrogen (secondary N) is 2. The summed E-state index contributed by atoms with van der Waals surface area (Å²) in [6, 6.07) is 19.7. The molecule has 1 aliphatic heterocycles. The van der Waals surface area contributed by atoms with Gasteiger partial charge in [-0.1, -0.05) is 30.3 Å². The van der Waals surface area contributed by atoms with E-state index in [1.54, 1.807) is 12.1 Å². The highest BCUT2D eigenvalue weighted by Gasteiger charge is 2.33. The van der Waals surface area contributed by atoms with Gasteiger partial charge in [0.1, 0.15) is 0 Å². The van der Waals surface area contributed by atoms with Crippen molar-refractivity contribution in [3.05, 3.63) is 66.7 Å². The number of amides is 2. The molecule has 0 aromatic heterocycles. The van der Waals surface area contributed by atoms with Crippen LogP contribution < -0.4 is 10.6 Å². The third kappa shape index (κ3) is 4.81. The van der Waals surface area contributed by atoms with Crippen LogP contribution in [0.3, 0.4) is 0 Å². The lowest BCUT2D eigenvalue weighted by molar-refractivity contribution is -0.121. The minimum Gasteiger partial charge on any atom is -0.326 e. The standard InChI is InChI=1S/C24H25N3O4S/c1-17(28)25-21-10-12-23(13-11-21)32(30,31)27-14-4-7-20(16-27)24(29)26-22-9-8-18-5-2-3-6-19(18)15-22/h2-3,5-6,8-13,15,20H,4,7,14,16H2,1H3,(H,25,28)(H,26,29). The molecule has 1 fully saturated rings. The van der Waals surface area contributed by atoms with Crippen LogP contribution in [0, 0.1) is 5.92 Å². The first-order valence-corrected chi connectivity index (χ1v) is 11.9. The van der Waals surface area contributed by atoms with Crippen molar-refractivity contribution in [2.75, 3.05) is 23.7 Å². The summed E-state index contributed by atoms with van der Waals surface area (Å²) in [5.74, 6) is -0.832. The van der Waals surface area contributed by atoms with E-state index < -0.39 is 15.9 Å². The Balaban J connectivity index is 1.45. The normalized spacial score (nSPS) is 17.1. The van der Waals surface area contributed by atoms with Crippen molar-refractivity contribution in [3.63, 3.8) is 0 Å². The largest absolute Gasteiger partial charge is 0.326 e. The third-order valence-corrected chi connectivity index (χ3v) is 7.46. The Hall–Kier alpha value is -3.23. The number of nitrogens with zero attached hydrogens (tertiary/aromatic N) is 1. The van der Waals surface area contributed by atoms with E-state index in [1.165, 1.54) is 23.4 Å². The number of benzene rings is 3. The van der Waals surface area contributed by atoms with Crippen LogP contribution in [0.4, 0.5) is 11.4 Å². The average molecular weight is 452 g/mol. The van der Waals surface area contributed by atoms with Crippen LogP contribution in [0.5, 0.6) is 0 Å². The molecule has 0 aliphatic carbocycles. The van der Waals surface area contributed by atoms with Crippen LogP contribution in [0.15, 0.2) is 71.6 Å². The van der Waals surface area contributed by atoms with E-state index in [-0.39, 0.29) is 23.3 Å². The first kappa shape index (κ1) is 22.0. The summed E-state index contributed by atoms with van der Waals surface area (Å²) in [5, 5.41) is 7.68. The highest BCUT2D eigenvalue weighted by atomic mass is 32.2. The number of carbonyl (C=O) groups excluding carboxylic acids is 2. The molecule has 2 amide bonds. The van der Waals surface area contributed by atoms with Gasteiger partial charge < -0.3 is 10.6 Å². The van der Waals surface area contributed by atoms with Crippen molar-refractivity contribution in [2.45, 2.75) is 24.7 Å². The lowest BCUT2D eigenvalue weighted by Gasteiger charge is -2.31. The van der Waals surface area contributed by atoms with Gasteiger partial charge in [-0.3, -0.25) is 9.59 Å². The quantitative estimate of drug-likeness (QED) is 0.616. The summed E-state index contributed by atoms with van der Waals surface area (Å²) in [7, 11) is -3.73. The Morgan fingerprint density at radius 1 is 0.906 bits per heavy atom. The van der Waals surface area contributed by atoms with Gasteiger partial charge in [0, 0.05) is 31.4 Å². The molecule has 8 heteroatoms. The second kappa shape index (κ2) is 9.10. The molecule has 166 valence electrons. The van der Waals surface area contributed by atoms with Gasteiger partial charge >= 0.3 is 0 Å². The molecule has 1 atom stereocenters. The van der Waals surface area contributed by atoms with Gasteiger partial charge in [0.2, 0.25) is 21.8 Å². The van der Waals surface area contributed by atoms with E-state index in [0.29, 0.717) is 30.8 Å². The smallest absolute Gasteiger partial charge is 0.243 e. The van der Waals surface area contributed by atoms with Crippen molar-refractivity contribution >= 4 is 44.0 Å². The third-order valence-electron chi connectivity index (χ3n) is 5.58. The van der Waals surface area contributed by atoms with Gasteiger partial charge in [0.25, 0.3) is 0 Å². The van der Waals surface area contributed by atoms with Crippen LogP contribution in [-0.2, 0) is 19.6 Å². The molecule has 0 radical (unpaired) electrons. The highest BCUT2D eigenvalue weighted by Crippen LogP contribution is 2.26. The molecule has 1 saturated heterocycles. The van der Waals surface area contributed by atoms with Gasteiger partial charge in [-0.15, -0.1) is 0 Å². The monoisotopic (exact) mass is 451 g/mol. The molecule has 0 spiro atoms. The maximum absolute atomic E-state index is 13.1. The van der Waals surface area contributed by atoms with E-state index >= 15 is 0 Å². The van der Waals surface area contributed by atoms with E-state index in [1.807, 2.05) is 42.5 Å². The number of sulfonamides is 1. The van der Waals surface area contributed by atoms with Crippen LogP contribution in [0.25, 0.3) is 10.8 Å². The number of rotatable bonds is 5. The number of carbonyl (C=O) groups is 2. The minimum atomic E-state index is -3.73. The molecule has 0 bridgehead atoms. The van der Waals surface area contributed by atoms with Crippen molar-refractivity contribution in [2.24, 2.45) is 5.92 Å². The van der Waals surface area contributed by atoms with Gasteiger partial charge in [-0.25, -0.2) is 8.42 Å².